The van der Waals surface area contributed by atoms with Crippen molar-refractivity contribution in [3.05, 3.63) is 93.5 Å². The monoisotopic (exact) mass is 476 g/mol. The van der Waals surface area contributed by atoms with Crippen LogP contribution in [-0.4, -0.2) is 24.9 Å². The van der Waals surface area contributed by atoms with Crippen LogP contribution in [0.25, 0.3) is 22.1 Å². The number of ether oxygens (including phenoxy) is 3. The van der Waals surface area contributed by atoms with Crippen molar-refractivity contribution in [2.45, 2.75) is 13.5 Å². The Hall–Kier alpha value is -4.34. The van der Waals surface area contributed by atoms with Crippen molar-refractivity contribution >= 4 is 22.6 Å². The topological polar surface area (TPSA) is 122 Å². The second kappa shape index (κ2) is 10.3. The van der Waals surface area contributed by atoms with E-state index in [0.29, 0.717) is 17.1 Å². The van der Waals surface area contributed by atoms with Crippen LogP contribution in [0.5, 0.6) is 11.5 Å². The van der Waals surface area contributed by atoms with Crippen LogP contribution in [0.15, 0.2) is 75.9 Å². The van der Waals surface area contributed by atoms with Gasteiger partial charge in [-0.3, -0.25) is 10.0 Å². The number of hydrogen-bond donors (Lipinski definition) is 1. The molecule has 0 aliphatic heterocycles. The Balaban J connectivity index is 1.74. The molecule has 0 unspecified atom stereocenters. The van der Waals surface area contributed by atoms with Gasteiger partial charge >= 0.3 is 5.97 Å². The summed E-state index contributed by atoms with van der Waals surface area (Å²) in [4.78, 5) is 26.2. The molecule has 0 aliphatic rings. The first-order chi connectivity index (χ1) is 16.9. The highest BCUT2D eigenvalue weighted by molar-refractivity contribution is 5.98. The molecule has 0 aliphatic carbocycles. The fraction of sp³-hybridized carbons (Fsp3) is 0.154. The molecule has 1 N–H and O–H groups in total. The highest BCUT2D eigenvalue weighted by Crippen LogP contribution is 2.33. The number of benzene rings is 3. The molecule has 9 heteroatoms. The van der Waals surface area contributed by atoms with Crippen molar-refractivity contribution in [2.24, 2.45) is 0 Å². The summed E-state index contributed by atoms with van der Waals surface area (Å²) >= 11 is 0. The van der Waals surface area contributed by atoms with Crippen LogP contribution in [-0.2, 0) is 11.3 Å². The maximum absolute atomic E-state index is 13.5. The average molecular weight is 476 g/mol. The number of carbonyl (C=O) groups is 1. The molecule has 0 amide bonds. The predicted molar refractivity (Wildman–Crippen MR) is 129 cm³/mol. The van der Waals surface area contributed by atoms with E-state index in [2.05, 4.69) is 0 Å². The van der Waals surface area contributed by atoms with Crippen molar-refractivity contribution in [1.29, 1.82) is 0 Å². The number of hydrogen-bond acceptors (Lipinski definition) is 9. The van der Waals surface area contributed by atoms with Gasteiger partial charge in [0.15, 0.2) is 0 Å². The Morgan fingerprint density at radius 2 is 1.83 bits per heavy atom. The number of carbonyl (C=O) groups excluding carboxylic acids is 1. The fourth-order valence-corrected chi connectivity index (χ4v) is 3.59. The zero-order valence-electron chi connectivity index (χ0n) is 19.0. The lowest BCUT2D eigenvalue weighted by Crippen LogP contribution is -2.15. The molecular weight excluding hydrogens is 454 g/mol. The Morgan fingerprint density at radius 1 is 1.09 bits per heavy atom. The van der Waals surface area contributed by atoms with E-state index in [-0.39, 0.29) is 46.4 Å². The van der Waals surface area contributed by atoms with Crippen LogP contribution in [0, 0.1) is 5.21 Å². The second-order valence-corrected chi connectivity index (χ2v) is 7.44. The molecule has 0 saturated carbocycles. The number of methoxy groups -OCH3 is 1. The van der Waals surface area contributed by atoms with E-state index in [9.17, 15) is 14.8 Å². The first-order valence-electron chi connectivity index (χ1n) is 10.7. The maximum Gasteiger partial charge on any atom is 0.375 e. The number of anilines is 1. The molecule has 0 saturated heterocycles. The van der Waals surface area contributed by atoms with E-state index in [1.54, 1.807) is 55.5 Å². The lowest BCUT2D eigenvalue weighted by Gasteiger charge is -2.21. The first kappa shape index (κ1) is 23.8. The van der Waals surface area contributed by atoms with E-state index in [1.165, 1.54) is 25.3 Å². The minimum atomic E-state index is -0.768. The van der Waals surface area contributed by atoms with Crippen molar-refractivity contribution in [3.63, 3.8) is 0 Å². The first-order valence-corrected chi connectivity index (χ1v) is 10.7. The van der Waals surface area contributed by atoms with Crippen LogP contribution in [0.2, 0.25) is 0 Å². The highest BCUT2D eigenvalue weighted by atomic mass is 16.8. The summed E-state index contributed by atoms with van der Waals surface area (Å²) in [5.74, 6) is -0.183. The molecule has 4 aromatic rings. The Labute approximate surface area is 200 Å². The minimum Gasteiger partial charge on any atom is -0.733 e. The van der Waals surface area contributed by atoms with Gasteiger partial charge in [0.1, 0.15) is 23.7 Å². The van der Waals surface area contributed by atoms with Crippen LogP contribution < -0.4 is 20.1 Å². The van der Waals surface area contributed by atoms with Gasteiger partial charge in [0.25, 0.3) is 0 Å². The summed E-state index contributed by atoms with van der Waals surface area (Å²) in [6, 6.07) is 17.7. The summed E-state index contributed by atoms with van der Waals surface area (Å²) in [6.45, 7) is 1.92. The third-order valence-electron chi connectivity index (χ3n) is 5.26. The van der Waals surface area contributed by atoms with Gasteiger partial charge in [-0.2, -0.15) is 0 Å². The van der Waals surface area contributed by atoms with Crippen LogP contribution in [0.1, 0.15) is 23.0 Å². The zero-order valence-corrected chi connectivity index (χ0v) is 19.0. The lowest BCUT2D eigenvalue weighted by molar-refractivity contribution is 0.0492. The number of nitrogens with zero attached hydrogens (tertiary/aromatic N) is 1. The summed E-state index contributed by atoms with van der Waals surface area (Å²) in [5, 5.41) is 19.9. The molecular formula is C26H22NO8-. The lowest BCUT2D eigenvalue weighted by atomic mass is 10.0. The second-order valence-electron chi connectivity index (χ2n) is 7.44. The maximum atomic E-state index is 13.5. The van der Waals surface area contributed by atoms with E-state index in [1.807, 2.05) is 0 Å². The van der Waals surface area contributed by atoms with Gasteiger partial charge in [-0.25, -0.2) is 4.79 Å². The molecule has 0 radical (unpaired) electrons. The summed E-state index contributed by atoms with van der Waals surface area (Å²) in [7, 11) is 1.48. The molecule has 9 nitrogen and oxygen atoms in total. The molecule has 0 atom stereocenters. The van der Waals surface area contributed by atoms with E-state index in [0.717, 1.165) is 5.56 Å². The van der Waals surface area contributed by atoms with E-state index in [4.69, 9.17) is 23.8 Å². The van der Waals surface area contributed by atoms with E-state index >= 15 is 0 Å². The van der Waals surface area contributed by atoms with Gasteiger partial charge in [0.05, 0.1) is 30.4 Å². The molecule has 0 fully saturated rings. The number of fused-ring (bicyclic) bond motifs is 1. The molecule has 0 spiro atoms. The number of rotatable bonds is 8. The molecule has 0 bridgehead atoms. The predicted octanol–water partition coefficient (Wildman–Crippen LogP) is 4.92. The number of esters is 1. The molecule has 35 heavy (non-hydrogen) atoms. The van der Waals surface area contributed by atoms with Gasteiger partial charge in [-0.15, -0.1) is 0 Å². The largest absolute Gasteiger partial charge is 0.733 e. The van der Waals surface area contributed by atoms with Gasteiger partial charge < -0.3 is 29.1 Å². The third-order valence-corrected chi connectivity index (χ3v) is 5.26. The van der Waals surface area contributed by atoms with Crippen molar-refractivity contribution in [1.82, 2.24) is 0 Å². The molecule has 180 valence electrons. The summed E-state index contributed by atoms with van der Waals surface area (Å²) in [5.41, 5.74) is 1.06. The normalized spacial score (nSPS) is 10.7. The molecule has 1 heterocycles. The highest BCUT2D eigenvalue weighted by Gasteiger charge is 2.25. The quantitative estimate of drug-likeness (QED) is 0.279. The Morgan fingerprint density at radius 3 is 2.51 bits per heavy atom. The minimum absolute atomic E-state index is 0.0541. The molecule has 4 rings (SSSR count). The van der Waals surface area contributed by atoms with Gasteiger partial charge in [0.2, 0.25) is 11.2 Å². The zero-order chi connectivity index (χ0) is 24.9. The summed E-state index contributed by atoms with van der Waals surface area (Å²) < 4.78 is 22.2. The average Bonchev–Trinajstić information content (AvgIpc) is 2.87. The smallest absolute Gasteiger partial charge is 0.375 e. The van der Waals surface area contributed by atoms with Gasteiger partial charge in [-0.05, 0) is 42.8 Å². The van der Waals surface area contributed by atoms with Crippen LogP contribution >= 0.6 is 0 Å². The van der Waals surface area contributed by atoms with Crippen molar-refractivity contribution in [2.75, 3.05) is 18.9 Å². The molecule has 3 aromatic carbocycles. The SMILES string of the molecule is CCOC(=O)c1oc2cc(OCc3ccc(N([O-])O)cc3)ccc2c(=O)c1-c1ccccc1OC. The number of para-hydroxylation sites is 1. The Bertz CT molecular complexity index is 1410. The Kier molecular flexibility index (Phi) is 7.00. The third kappa shape index (κ3) is 4.96. The van der Waals surface area contributed by atoms with Gasteiger partial charge in [-0.1, -0.05) is 30.3 Å². The van der Waals surface area contributed by atoms with Crippen LogP contribution in [0.4, 0.5) is 5.69 Å². The standard InChI is InChI=1S/C26H22NO8/c1-3-33-26(29)25-23(19-6-4-5-7-21(19)32-2)24(28)20-13-12-18(14-22(20)35-25)34-15-16-8-10-17(11-9-16)27(30)31/h4-14,30H,3,15H2,1-2H3/q-1. The fourth-order valence-electron chi connectivity index (χ4n) is 3.59. The molecule has 1 aromatic heterocycles. The van der Waals surface area contributed by atoms with Crippen molar-refractivity contribution < 1.29 is 28.6 Å². The van der Waals surface area contributed by atoms with Crippen LogP contribution in [0.3, 0.4) is 0 Å². The van der Waals surface area contributed by atoms with Gasteiger partial charge in [0, 0.05) is 11.6 Å². The van der Waals surface area contributed by atoms with Crippen molar-refractivity contribution in [3.8, 4) is 22.6 Å². The van der Waals surface area contributed by atoms with E-state index < -0.39 is 11.4 Å². The summed E-state index contributed by atoms with van der Waals surface area (Å²) in [6.07, 6.45) is 0.